The number of Topliss-reactive ketones (excluding diaryl/α,β-unsaturated/α-hetero) is 1. The number of rotatable bonds is 4. The number of halogens is 2. The number of nitrogens with one attached hydrogen (secondary N) is 1. The van der Waals surface area contributed by atoms with E-state index in [-0.39, 0.29) is 23.7 Å². The summed E-state index contributed by atoms with van der Waals surface area (Å²) >= 11 is 6.82. The first-order valence-electron chi connectivity index (χ1n) is 7.61. The molecule has 1 aliphatic rings. The highest BCUT2D eigenvalue weighted by atomic mass is 79.9. The average Bonchev–Trinajstić information content (AvgIpc) is 2.41. The fourth-order valence-corrected chi connectivity index (χ4v) is 4.32. The number of hydrazone groups is 1. The maximum absolute atomic E-state index is 11.9. The van der Waals surface area contributed by atoms with Crippen molar-refractivity contribution in [1.29, 1.82) is 0 Å². The molecule has 0 atom stereocenters. The van der Waals surface area contributed by atoms with E-state index in [9.17, 15) is 9.59 Å². The molecule has 0 spiro atoms. The van der Waals surface area contributed by atoms with Gasteiger partial charge in [0.05, 0.1) is 4.47 Å². The number of amides is 1. The number of ketones is 1. The second-order valence-electron chi connectivity index (χ2n) is 6.77. The number of benzene rings is 1. The standard InChI is InChI=1S/C17H20Br2N2O3/c1-10-4-11(18)5-14(19)16(10)24-9-15(23)21-20-12-6-13(22)8-17(2,3)7-12/h4-5H,6-9H2,1-3H3,(H,21,23). The van der Waals surface area contributed by atoms with E-state index >= 15 is 0 Å². The maximum atomic E-state index is 11.9. The zero-order valence-electron chi connectivity index (χ0n) is 13.9. The molecule has 130 valence electrons. The van der Waals surface area contributed by atoms with E-state index in [2.05, 4.69) is 42.4 Å². The minimum absolute atomic E-state index is 0.102. The molecule has 5 nitrogen and oxygen atoms in total. The summed E-state index contributed by atoms with van der Waals surface area (Å²) in [5.41, 5.74) is 4.00. The molecule has 0 heterocycles. The highest BCUT2D eigenvalue weighted by Gasteiger charge is 2.30. The first kappa shape index (κ1) is 19.1. The Labute approximate surface area is 158 Å². The Kier molecular flexibility index (Phi) is 6.20. The molecule has 0 saturated heterocycles. The second-order valence-corrected chi connectivity index (χ2v) is 8.54. The molecule has 1 aromatic carbocycles. The zero-order chi connectivity index (χ0) is 17.9. The maximum Gasteiger partial charge on any atom is 0.277 e. The Balaban J connectivity index is 1.92. The fourth-order valence-electron chi connectivity index (χ4n) is 2.76. The van der Waals surface area contributed by atoms with Gasteiger partial charge in [-0.3, -0.25) is 9.59 Å². The monoisotopic (exact) mass is 458 g/mol. The van der Waals surface area contributed by atoms with Crippen LogP contribution in [-0.2, 0) is 9.59 Å². The largest absolute Gasteiger partial charge is 0.482 e. The Morgan fingerprint density at radius 3 is 2.67 bits per heavy atom. The van der Waals surface area contributed by atoms with Crippen LogP contribution in [0.15, 0.2) is 26.2 Å². The molecule has 0 unspecified atom stereocenters. The molecule has 0 aromatic heterocycles. The summed E-state index contributed by atoms with van der Waals surface area (Å²) in [6.07, 6.45) is 1.57. The van der Waals surface area contributed by atoms with Crippen molar-refractivity contribution in [2.45, 2.75) is 40.0 Å². The summed E-state index contributed by atoms with van der Waals surface area (Å²) in [4.78, 5) is 23.7. The topological polar surface area (TPSA) is 67.8 Å². The van der Waals surface area contributed by atoms with Gasteiger partial charge in [0.15, 0.2) is 6.61 Å². The zero-order valence-corrected chi connectivity index (χ0v) is 17.1. The van der Waals surface area contributed by atoms with Crippen LogP contribution >= 0.6 is 31.9 Å². The molecular formula is C17H20Br2N2O3. The van der Waals surface area contributed by atoms with E-state index in [0.717, 1.165) is 14.5 Å². The predicted octanol–water partition coefficient (Wildman–Crippen LogP) is 4.15. The number of hydrogen-bond acceptors (Lipinski definition) is 4. The van der Waals surface area contributed by atoms with E-state index < -0.39 is 0 Å². The van der Waals surface area contributed by atoms with Gasteiger partial charge in [0.2, 0.25) is 0 Å². The lowest BCUT2D eigenvalue weighted by Crippen LogP contribution is -2.32. The Morgan fingerprint density at radius 2 is 2.04 bits per heavy atom. The Morgan fingerprint density at radius 1 is 1.33 bits per heavy atom. The number of ether oxygens (including phenoxy) is 1. The van der Waals surface area contributed by atoms with Gasteiger partial charge in [-0.1, -0.05) is 29.8 Å². The van der Waals surface area contributed by atoms with Gasteiger partial charge in [-0.2, -0.15) is 5.10 Å². The lowest BCUT2D eigenvalue weighted by Gasteiger charge is -2.28. The second kappa shape index (κ2) is 7.78. The van der Waals surface area contributed by atoms with Crippen LogP contribution in [0.4, 0.5) is 0 Å². The molecule has 1 amide bonds. The van der Waals surface area contributed by atoms with Crippen molar-refractivity contribution in [2.24, 2.45) is 10.5 Å². The summed E-state index contributed by atoms with van der Waals surface area (Å²) in [6.45, 7) is 5.81. The Bertz CT molecular complexity index is 676. The highest BCUT2D eigenvalue weighted by Crippen LogP contribution is 2.33. The van der Waals surface area contributed by atoms with E-state index in [1.165, 1.54) is 0 Å². The van der Waals surface area contributed by atoms with Crippen molar-refractivity contribution in [2.75, 3.05) is 6.61 Å². The van der Waals surface area contributed by atoms with Gasteiger partial charge < -0.3 is 4.74 Å². The molecule has 0 radical (unpaired) electrons. The van der Waals surface area contributed by atoms with Gasteiger partial charge in [0, 0.05) is 23.0 Å². The number of hydrogen-bond donors (Lipinski definition) is 1. The quantitative estimate of drug-likeness (QED) is 0.687. The molecule has 1 fully saturated rings. The van der Waals surface area contributed by atoms with Crippen LogP contribution in [0, 0.1) is 12.3 Å². The van der Waals surface area contributed by atoms with Crippen molar-refractivity contribution < 1.29 is 14.3 Å². The number of aryl methyl sites for hydroxylation is 1. The van der Waals surface area contributed by atoms with Crippen molar-refractivity contribution in [1.82, 2.24) is 5.43 Å². The van der Waals surface area contributed by atoms with Crippen LogP contribution in [-0.4, -0.2) is 24.0 Å². The van der Waals surface area contributed by atoms with Crippen molar-refractivity contribution in [3.05, 3.63) is 26.6 Å². The van der Waals surface area contributed by atoms with Crippen molar-refractivity contribution in [3.63, 3.8) is 0 Å². The van der Waals surface area contributed by atoms with Crippen LogP contribution in [0.2, 0.25) is 0 Å². The third-order valence-electron chi connectivity index (χ3n) is 3.64. The van der Waals surface area contributed by atoms with E-state index in [1.54, 1.807) is 0 Å². The minimum atomic E-state index is -0.354. The van der Waals surface area contributed by atoms with Crippen LogP contribution in [0.25, 0.3) is 0 Å². The molecule has 1 N–H and O–H groups in total. The van der Waals surface area contributed by atoms with Crippen LogP contribution < -0.4 is 10.2 Å². The molecule has 0 aliphatic heterocycles. The highest BCUT2D eigenvalue weighted by molar-refractivity contribution is 9.11. The summed E-state index contributed by atoms with van der Waals surface area (Å²) in [5, 5.41) is 4.10. The van der Waals surface area contributed by atoms with Gasteiger partial charge in [-0.15, -0.1) is 0 Å². The summed E-state index contributed by atoms with van der Waals surface area (Å²) < 4.78 is 7.27. The first-order valence-corrected chi connectivity index (χ1v) is 9.19. The van der Waals surface area contributed by atoms with Crippen LogP contribution in [0.3, 0.4) is 0 Å². The van der Waals surface area contributed by atoms with Crippen molar-refractivity contribution >= 4 is 49.3 Å². The minimum Gasteiger partial charge on any atom is -0.482 e. The van der Waals surface area contributed by atoms with Gasteiger partial charge in [-0.25, -0.2) is 5.43 Å². The van der Waals surface area contributed by atoms with E-state index in [0.29, 0.717) is 30.7 Å². The van der Waals surface area contributed by atoms with Crippen molar-refractivity contribution in [3.8, 4) is 5.75 Å². The van der Waals surface area contributed by atoms with Gasteiger partial charge in [0.1, 0.15) is 11.5 Å². The molecule has 1 aromatic rings. The van der Waals surface area contributed by atoms with E-state index in [1.807, 2.05) is 32.9 Å². The van der Waals surface area contributed by atoms with E-state index in [4.69, 9.17) is 4.74 Å². The van der Waals surface area contributed by atoms with Gasteiger partial charge in [0.25, 0.3) is 5.91 Å². The Hall–Kier alpha value is -1.21. The van der Waals surface area contributed by atoms with Gasteiger partial charge >= 0.3 is 0 Å². The smallest absolute Gasteiger partial charge is 0.277 e. The normalized spacial score (nSPS) is 18.5. The average molecular weight is 460 g/mol. The summed E-state index contributed by atoms with van der Waals surface area (Å²) in [7, 11) is 0. The van der Waals surface area contributed by atoms with Gasteiger partial charge in [-0.05, 0) is 52.4 Å². The number of nitrogens with zero attached hydrogens (tertiary/aromatic N) is 1. The molecule has 1 aliphatic carbocycles. The molecule has 2 rings (SSSR count). The van der Waals surface area contributed by atoms with Crippen LogP contribution in [0.5, 0.6) is 5.75 Å². The fraction of sp³-hybridized carbons (Fsp3) is 0.471. The van der Waals surface area contributed by atoms with Crippen LogP contribution in [0.1, 0.15) is 38.7 Å². The SMILES string of the molecule is Cc1cc(Br)cc(Br)c1OCC(=O)NN=C1CC(=O)CC(C)(C)C1. The summed E-state index contributed by atoms with van der Waals surface area (Å²) in [6, 6.07) is 3.77. The molecule has 7 heteroatoms. The molecular weight excluding hydrogens is 440 g/mol. The third kappa shape index (κ3) is 5.41. The predicted molar refractivity (Wildman–Crippen MR) is 100 cm³/mol. The number of carbonyl (C=O) groups excluding carboxylic acids is 2. The lowest BCUT2D eigenvalue weighted by molar-refractivity contribution is -0.123. The first-order chi connectivity index (χ1) is 11.2. The molecule has 0 bridgehead atoms. The number of carbonyl (C=O) groups is 2. The molecule has 1 saturated carbocycles. The lowest BCUT2D eigenvalue weighted by atomic mass is 9.76. The summed E-state index contributed by atoms with van der Waals surface area (Å²) in [5.74, 6) is 0.424. The molecule has 24 heavy (non-hydrogen) atoms. The third-order valence-corrected chi connectivity index (χ3v) is 4.69.